The Labute approximate surface area is 124 Å². The minimum absolute atomic E-state index is 0.527. The predicted molar refractivity (Wildman–Crippen MR) is 81.0 cm³/mol. The first-order valence-electron chi connectivity index (χ1n) is 6.39. The summed E-state index contributed by atoms with van der Waals surface area (Å²) in [7, 11) is -4.11. The lowest BCUT2D eigenvalue weighted by atomic mass is 10.1. The molecule has 0 spiro atoms. The molecule has 0 aromatic heterocycles. The number of benzene rings is 2. The zero-order valence-corrected chi connectivity index (χ0v) is 12.4. The van der Waals surface area contributed by atoms with Crippen LogP contribution in [0.2, 0.25) is 0 Å². The van der Waals surface area contributed by atoms with Crippen molar-refractivity contribution in [1.82, 2.24) is 0 Å². The monoisotopic (exact) mass is 307 g/mol. The van der Waals surface area contributed by atoms with Crippen LogP contribution < -0.4 is 10.5 Å². The Hall–Kier alpha value is -1.89. The second-order valence-corrected chi connectivity index (χ2v) is 6.34. The smallest absolute Gasteiger partial charge is 0.266 e. The van der Waals surface area contributed by atoms with Gasteiger partial charge in [0, 0.05) is 6.04 Å². The SMILES string of the molecule is Cc1ccc(Oc2cccc([C@@H](N)CS(=O)(=O)O)c2)cc1. The topological polar surface area (TPSA) is 89.6 Å². The van der Waals surface area contributed by atoms with Crippen LogP contribution in [0, 0.1) is 6.92 Å². The van der Waals surface area contributed by atoms with Crippen molar-refractivity contribution in [3.63, 3.8) is 0 Å². The van der Waals surface area contributed by atoms with Crippen LogP contribution >= 0.6 is 0 Å². The molecule has 0 heterocycles. The van der Waals surface area contributed by atoms with E-state index in [0.29, 0.717) is 17.1 Å². The van der Waals surface area contributed by atoms with Crippen molar-refractivity contribution in [2.75, 3.05) is 5.75 Å². The summed E-state index contributed by atoms with van der Waals surface area (Å²) in [5.41, 5.74) is 7.48. The first-order valence-corrected chi connectivity index (χ1v) is 7.99. The van der Waals surface area contributed by atoms with Gasteiger partial charge in [-0.15, -0.1) is 0 Å². The van der Waals surface area contributed by atoms with Crippen LogP contribution in [0.15, 0.2) is 48.5 Å². The molecular formula is C15H17NO4S. The zero-order chi connectivity index (χ0) is 15.5. The maximum absolute atomic E-state index is 10.9. The largest absolute Gasteiger partial charge is 0.457 e. The molecule has 0 radical (unpaired) electrons. The number of nitrogens with two attached hydrogens (primary N) is 1. The molecule has 6 heteroatoms. The third-order valence-corrected chi connectivity index (χ3v) is 3.71. The van der Waals surface area contributed by atoms with Gasteiger partial charge in [0.2, 0.25) is 0 Å². The Morgan fingerprint density at radius 1 is 1.14 bits per heavy atom. The highest BCUT2D eigenvalue weighted by Crippen LogP contribution is 2.24. The summed E-state index contributed by atoms with van der Waals surface area (Å²) in [5, 5.41) is 0. The Morgan fingerprint density at radius 3 is 2.43 bits per heavy atom. The van der Waals surface area contributed by atoms with Gasteiger partial charge in [-0.2, -0.15) is 8.42 Å². The van der Waals surface area contributed by atoms with E-state index in [-0.39, 0.29) is 0 Å². The molecule has 0 amide bonds. The third kappa shape index (κ3) is 4.86. The maximum atomic E-state index is 10.9. The van der Waals surface area contributed by atoms with Gasteiger partial charge in [0.25, 0.3) is 10.1 Å². The van der Waals surface area contributed by atoms with Crippen LogP contribution in [0.5, 0.6) is 11.5 Å². The summed E-state index contributed by atoms with van der Waals surface area (Å²) in [4.78, 5) is 0. The predicted octanol–water partition coefficient (Wildman–Crippen LogP) is 2.67. The fraction of sp³-hybridized carbons (Fsp3) is 0.200. The summed E-state index contributed by atoms with van der Waals surface area (Å²) in [6.45, 7) is 1.98. The first-order chi connectivity index (χ1) is 9.83. The third-order valence-electron chi connectivity index (χ3n) is 2.93. The van der Waals surface area contributed by atoms with Crippen molar-refractivity contribution >= 4 is 10.1 Å². The second kappa shape index (κ2) is 6.26. The van der Waals surface area contributed by atoms with E-state index in [2.05, 4.69) is 0 Å². The van der Waals surface area contributed by atoms with Crippen LogP contribution in [0.25, 0.3) is 0 Å². The number of aryl methyl sites for hydroxylation is 1. The lowest BCUT2D eigenvalue weighted by molar-refractivity contribution is 0.474. The van der Waals surface area contributed by atoms with E-state index >= 15 is 0 Å². The van der Waals surface area contributed by atoms with E-state index < -0.39 is 21.9 Å². The molecule has 2 aromatic rings. The average molecular weight is 307 g/mol. The summed E-state index contributed by atoms with van der Waals surface area (Å²) >= 11 is 0. The minimum Gasteiger partial charge on any atom is -0.457 e. The first kappa shape index (κ1) is 15.5. The summed E-state index contributed by atoms with van der Waals surface area (Å²) in [6, 6.07) is 13.6. The van der Waals surface area contributed by atoms with Gasteiger partial charge in [0.1, 0.15) is 11.5 Å². The summed E-state index contributed by atoms with van der Waals surface area (Å²) in [5.74, 6) is 0.712. The van der Waals surface area contributed by atoms with Gasteiger partial charge in [0.05, 0.1) is 5.75 Å². The average Bonchev–Trinajstić information content (AvgIpc) is 2.40. The van der Waals surface area contributed by atoms with E-state index in [4.69, 9.17) is 15.0 Å². The second-order valence-electron chi connectivity index (χ2n) is 4.84. The normalized spacial score (nSPS) is 12.9. The van der Waals surface area contributed by atoms with Crippen molar-refractivity contribution in [2.24, 2.45) is 5.73 Å². The van der Waals surface area contributed by atoms with Crippen LogP contribution in [0.4, 0.5) is 0 Å². The van der Waals surface area contributed by atoms with Gasteiger partial charge < -0.3 is 10.5 Å². The Kier molecular flexibility index (Phi) is 4.62. The molecule has 3 N–H and O–H groups in total. The Morgan fingerprint density at radius 2 is 1.81 bits per heavy atom. The number of hydrogen-bond donors (Lipinski definition) is 2. The minimum atomic E-state index is -4.11. The van der Waals surface area contributed by atoms with Crippen molar-refractivity contribution in [1.29, 1.82) is 0 Å². The molecule has 21 heavy (non-hydrogen) atoms. The van der Waals surface area contributed by atoms with Gasteiger partial charge in [-0.25, -0.2) is 0 Å². The van der Waals surface area contributed by atoms with Crippen LogP contribution in [-0.4, -0.2) is 18.7 Å². The van der Waals surface area contributed by atoms with Crippen LogP contribution in [0.1, 0.15) is 17.2 Å². The molecule has 2 aromatic carbocycles. The summed E-state index contributed by atoms with van der Waals surface area (Å²) in [6.07, 6.45) is 0. The highest BCUT2D eigenvalue weighted by molar-refractivity contribution is 7.85. The van der Waals surface area contributed by atoms with E-state index in [1.54, 1.807) is 24.3 Å². The van der Waals surface area contributed by atoms with Gasteiger partial charge in [-0.3, -0.25) is 4.55 Å². The molecule has 5 nitrogen and oxygen atoms in total. The quantitative estimate of drug-likeness (QED) is 0.829. The number of ether oxygens (including phenoxy) is 1. The molecule has 112 valence electrons. The number of hydrogen-bond acceptors (Lipinski definition) is 4. The highest BCUT2D eigenvalue weighted by Gasteiger charge is 2.15. The number of rotatable bonds is 5. The van der Waals surface area contributed by atoms with Crippen molar-refractivity contribution in [3.05, 3.63) is 59.7 Å². The van der Waals surface area contributed by atoms with Gasteiger partial charge >= 0.3 is 0 Å². The molecule has 0 aliphatic carbocycles. The van der Waals surface area contributed by atoms with Gasteiger partial charge in [-0.05, 0) is 36.8 Å². The van der Waals surface area contributed by atoms with E-state index in [1.165, 1.54) is 0 Å². The molecule has 1 atom stereocenters. The van der Waals surface area contributed by atoms with Gasteiger partial charge in [-0.1, -0.05) is 29.8 Å². The molecular weight excluding hydrogens is 290 g/mol. The fourth-order valence-corrected chi connectivity index (χ4v) is 2.52. The van der Waals surface area contributed by atoms with E-state index in [0.717, 1.165) is 5.56 Å². The molecule has 0 saturated carbocycles. The van der Waals surface area contributed by atoms with Crippen LogP contribution in [-0.2, 0) is 10.1 Å². The van der Waals surface area contributed by atoms with Gasteiger partial charge in [0.15, 0.2) is 0 Å². The van der Waals surface area contributed by atoms with Crippen molar-refractivity contribution in [3.8, 4) is 11.5 Å². The molecule has 0 saturated heterocycles. The zero-order valence-electron chi connectivity index (χ0n) is 11.6. The molecule has 0 bridgehead atoms. The lowest BCUT2D eigenvalue weighted by Crippen LogP contribution is -2.21. The molecule has 0 aliphatic rings. The molecule has 0 unspecified atom stereocenters. The molecule has 2 rings (SSSR count). The van der Waals surface area contributed by atoms with Crippen molar-refractivity contribution in [2.45, 2.75) is 13.0 Å². The lowest BCUT2D eigenvalue weighted by Gasteiger charge is -2.12. The highest BCUT2D eigenvalue weighted by atomic mass is 32.2. The van der Waals surface area contributed by atoms with Crippen molar-refractivity contribution < 1.29 is 17.7 Å². The Balaban J connectivity index is 2.15. The molecule has 0 fully saturated rings. The fourth-order valence-electron chi connectivity index (χ4n) is 1.87. The molecule has 0 aliphatic heterocycles. The standard InChI is InChI=1S/C15H17NO4S/c1-11-5-7-13(8-6-11)20-14-4-2-3-12(9-14)15(16)10-21(17,18)19/h2-9,15H,10,16H2,1H3,(H,17,18,19)/t15-/m0/s1. The maximum Gasteiger partial charge on any atom is 0.266 e. The van der Waals surface area contributed by atoms with E-state index in [1.807, 2.05) is 31.2 Å². The van der Waals surface area contributed by atoms with Crippen LogP contribution in [0.3, 0.4) is 0 Å². The van der Waals surface area contributed by atoms with E-state index in [9.17, 15) is 8.42 Å². The Bertz CT molecular complexity index is 711. The summed E-state index contributed by atoms with van der Waals surface area (Å²) < 4.78 is 36.3.